The van der Waals surface area contributed by atoms with E-state index in [9.17, 15) is 4.79 Å². The summed E-state index contributed by atoms with van der Waals surface area (Å²) in [6, 6.07) is 11.7. The van der Waals surface area contributed by atoms with Crippen molar-refractivity contribution in [2.45, 2.75) is 76.5 Å². The Morgan fingerprint density at radius 2 is 1.88 bits per heavy atom. The largest absolute Gasteiger partial charge is 0.465 e. The topological polar surface area (TPSA) is 129 Å². The van der Waals surface area contributed by atoms with Crippen molar-refractivity contribution in [3.05, 3.63) is 64.5 Å². The van der Waals surface area contributed by atoms with Gasteiger partial charge in [0.2, 0.25) is 0 Å². The Morgan fingerprint density at radius 1 is 1.10 bits per heavy atom. The van der Waals surface area contributed by atoms with Crippen LogP contribution < -0.4 is 16.4 Å². The molecule has 13 heteroatoms. The number of aromatic nitrogens is 3. The van der Waals surface area contributed by atoms with E-state index in [1.807, 2.05) is 33.0 Å². The van der Waals surface area contributed by atoms with Gasteiger partial charge in [0.25, 0.3) is 0 Å². The van der Waals surface area contributed by atoms with Crippen molar-refractivity contribution < 1.29 is 19.0 Å². The zero-order valence-corrected chi connectivity index (χ0v) is 30.8. The Balaban J connectivity index is 1.10. The minimum Gasteiger partial charge on any atom is -0.465 e. The SMILES string of the molecule is CCOC(=O)[C@@H](N)CCN(CCCNCCc1ccc2cc(Cl)c(Cl)cc2c1)C[C@H]1C[C@@H](n2ccc3c(NC)ncnc32)[C@@H]2OC(C)(C)O[C@H]12. The minimum absolute atomic E-state index is 0.0531. The lowest BCUT2D eigenvalue weighted by atomic mass is 10.0. The summed E-state index contributed by atoms with van der Waals surface area (Å²) in [5.74, 6) is -0.0381. The van der Waals surface area contributed by atoms with Crippen LogP contribution in [-0.2, 0) is 25.4 Å². The van der Waals surface area contributed by atoms with Crippen LogP contribution in [0.2, 0.25) is 10.0 Å². The maximum Gasteiger partial charge on any atom is 0.322 e. The van der Waals surface area contributed by atoms with E-state index in [0.717, 1.165) is 73.1 Å². The summed E-state index contributed by atoms with van der Waals surface area (Å²) in [5.41, 5.74) is 8.37. The number of esters is 1. The van der Waals surface area contributed by atoms with Crippen molar-refractivity contribution in [3.63, 3.8) is 0 Å². The molecule has 1 saturated carbocycles. The van der Waals surface area contributed by atoms with Gasteiger partial charge in [-0.2, -0.15) is 0 Å². The van der Waals surface area contributed by atoms with Gasteiger partial charge in [0, 0.05) is 32.3 Å². The van der Waals surface area contributed by atoms with E-state index in [4.69, 9.17) is 43.1 Å². The molecule has 4 N–H and O–H groups in total. The van der Waals surface area contributed by atoms with E-state index in [-0.39, 0.29) is 30.1 Å². The molecule has 1 aliphatic carbocycles. The molecule has 0 radical (unpaired) electrons. The molecule has 2 fully saturated rings. The monoisotopic (exact) mass is 725 g/mol. The normalized spacial score (nSPS) is 22.0. The Bertz CT molecular complexity index is 1790. The number of hydrogen-bond acceptors (Lipinski definition) is 10. The zero-order chi connectivity index (χ0) is 35.4. The van der Waals surface area contributed by atoms with Crippen molar-refractivity contribution in [1.82, 2.24) is 24.8 Å². The predicted molar refractivity (Wildman–Crippen MR) is 199 cm³/mol. The molecule has 0 bridgehead atoms. The molecule has 0 unspecified atom stereocenters. The van der Waals surface area contributed by atoms with Crippen molar-refractivity contribution in [2.75, 3.05) is 51.7 Å². The van der Waals surface area contributed by atoms with Gasteiger partial charge in [0.15, 0.2) is 5.79 Å². The zero-order valence-electron chi connectivity index (χ0n) is 29.3. The van der Waals surface area contributed by atoms with Gasteiger partial charge >= 0.3 is 5.97 Å². The summed E-state index contributed by atoms with van der Waals surface area (Å²) in [4.78, 5) is 23.8. The molecule has 11 nitrogen and oxygen atoms in total. The lowest BCUT2D eigenvalue weighted by molar-refractivity contribution is -0.161. The van der Waals surface area contributed by atoms with Crippen LogP contribution in [0.3, 0.4) is 0 Å². The number of halogens is 2. The minimum atomic E-state index is -0.689. The molecule has 50 heavy (non-hydrogen) atoms. The number of nitrogens with one attached hydrogen (secondary N) is 2. The summed E-state index contributed by atoms with van der Waals surface area (Å²) in [6.45, 7) is 10.1. The lowest BCUT2D eigenvalue weighted by Gasteiger charge is -2.29. The number of fused-ring (bicyclic) bond motifs is 3. The van der Waals surface area contributed by atoms with Gasteiger partial charge in [0.05, 0.1) is 34.2 Å². The number of nitrogens with zero attached hydrogens (tertiary/aromatic N) is 4. The Hall–Kier alpha value is -3.03. The second kappa shape index (κ2) is 16.1. The van der Waals surface area contributed by atoms with Crippen LogP contribution in [0.5, 0.6) is 0 Å². The van der Waals surface area contributed by atoms with Crippen LogP contribution >= 0.6 is 23.2 Å². The van der Waals surface area contributed by atoms with E-state index in [0.29, 0.717) is 29.6 Å². The molecular weight excluding hydrogens is 677 g/mol. The molecule has 1 saturated heterocycles. The third-order valence-electron chi connectivity index (χ3n) is 9.86. The standard InChI is InChI=1S/C37H49Cl2N7O4/c1-5-48-36(47)30(40)11-15-45(14-6-12-42-13-9-23-7-8-24-18-28(38)29(39)19-25(24)17-23)21-26-20-31(33-32(26)49-37(2,3)50-33)46-16-10-27-34(41-4)43-22-44-35(27)46/h7-8,10,16-19,22,26,30-33,42H,5-6,9,11-15,20-21,40H2,1-4H3,(H,41,43,44)/t26-,30+,31-,32-,33+/m1/s1. The fourth-order valence-electron chi connectivity index (χ4n) is 7.49. The van der Waals surface area contributed by atoms with Gasteiger partial charge in [-0.25, -0.2) is 9.97 Å². The number of ether oxygens (including phenoxy) is 3. The summed E-state index contributed by atoms with van der Waals surface area (Å²) in [7, 11) is 1.87. The number of benzene rings is 2. The van der Waals surface area contributed by atoms with E-state index in [2.05, 4.69) is 60.5 Å². The van der Waals surface area contributed by atoms with E-state index < -0.39 is 11.8 Å². The quantitative estimate of drug-likeness (QED) is 0.0961. The van der Waals surface area contributed by atoms with Gasteiger partial charge in [-0.1, -0.05) is 41.4 Å². The van der Waals surface area contributed by atoms with E-state index in [1.54, 1.807) is 13.3 Å². The molecule has 0 spiro atoms. The van der Waals surface area contributed by atoms with Gasteiger partial charge in [-0.3, -0.25) is 4.79 Å². The molecule has 2 aromatic carbocycles. The molecular formula is C37H49Cl2N7O4. The molecule has 270 valence electrons. The Labute approximate surface area is 304 Å². The first-order chi connectivity index (χ1) is 24.1. The first kappa shape index (κ1) is 36.8. The van der Waals surface area contributed by atoms with Gasteiger partial charge < -0.3 is 40.0 Å². The fraction of sp³-hybridized carbons (Fsp3) is 0.541. The van der Waals surface area contributed by atoms with E-state index in [1.165, 1.54) is 5.56 Å². The smallest absolute Gasteiger partial charge is 0.322 e. The van der Waals surface area contributed by atoms with Gasteiger partial charge in [-0.05, 0) is 101 Å². The summed E-state index contributed by atoms with van der Waals surface area (Å²) in [5, 5.41) is 11.1. The molecule has 5 atom stereocenters. The number of carbonyl (C=O) groups is 1. The highest BCUT2D eigenvalue weighted by Crippen LogP contribution is 2.48. The number of anilines is 1. The highest BCUT2D eigenvalue weighted by atomic mass is 35.5. The average molecular weight is 727 g/mol. The third-order valence-corrected chi connectivity index (χ3v) is 10.6. The predicted octanol–water partition coefficient (Wildman–Crippen LogP) is 5.82. The van der Waals surface area contributed by atoms with Crippen LogP contribution in [0.4, 0.5) is 5.82 Å². The molecule has 1 aliphatic heterocycles. The maximum absolute atomic E-state index is 12.4. The number of rotatable bonds is 16. The second-order valence-corrected chi connectivity index (χ2v) is 14.6. The first-order valence-electron chi connectivity index (χ1n) is 17.6. The van der Waals surface area contributed by atoms with Crippen molar-refractivity contribution >= 4 is 56.8 Å². The molecule has 0 amide bonds. The van der Waals surface area contributed by atoms with Crippen molar-refractivity contribution in [1.29, 1.82) is 0 Å². The summed E-state index contributed by atoms with van der Waals surface area (Å²) < 4.78 is 20.5. The van der Waals surface area contributed by atoms with Crippen LogP contribution in [0.1, 0.15) is 51.6 Å². The van der Waals surface area contributed by atoms with E-state index >= 15 is 0 Å². The molecule has 6 rings (SSSR count). The van der Waals surface area contributed by atoms with Gasteiger partial charge in [0.1, 0.15) is 29.9 Å². The van der Waals surface area contributed by atoms with Crippen molar-refractivity contribution in [3.8, 4) is 0 Å². The highest BCUT2D eigenvalue weighted by Gasteiger charge is 2.54. The Morgan fingerprint density at radius 3 is 2.66 bits per heavy atom. The second-order valence-electron chi connectivity index (χ2n) is 13.8. The molecule has 3 heterocycles. The average Bonchev–Trinajstić information content (AvgIpc) is 3.76. The van der Waals surface area contributed by atoms with Gasteiger partial charge in [-0.15, -0.1) is 0 Å². The number of hydrogen-bond donors (Lipinski definition) is 3. The molecule has 4 aromatic rings. The molecule has 2 aliphatic rings. The number of carbonyl (C=O) groups excluding carboxylic acids is 1. The fourth-order valence-corrected chi connectivity index (χ4v) is 7.84. The Kier molecular flexibility index (Phi) is 11.8. The highest BCUT2D eigenvalue weighted by molar-refractivity contribution is 6.42. The van der Waals surface area contributed by atoms with Crippen molar-refractivity contribution in [2.24, 2.45) is 11.7 Å². The van der Waals surface area contributed by atoms with Crippen LogP contribution in [0.25, 0.3) is 21.8 Å². The lowest BCUT2D eigenvalue weighted by Crippen LogP contribution is -2.41. The first-order valence-corrected chi connectivity index (χ1v) is 18.4. The maximum atomic E-state index is 12.4. The molecule has 2 aromatic heterocycles. The summed E-state index contributed by atoms with van der Waals surface area (Å²) in [6.07, 6.45) is 6.73. The van der Waals surface area contributed by atoms with Crippen LogP contribution in [0, 0.1) is 5.92 Å². The summed E-state index contributed by atoms with van der Waals surface area (Å²) >= 11 is 12.4. The third kappa shape index (κ3) is 8.36. The van der Waals surface area contributed by atoms with Crippen LogP contribution in [-0.4, -0.2) is 95.8 Å². The number of nitrogens with two attached hydrogens (primary N) is 1. The van der Waals surface area contributed by atoms with Crippen LogP contribution in [0.15, 0.2) is 48.9 Å².